The summed E-state index contributed by atoms with van der Waals surface area (Å²) in [7, 11) is 0. The molecule has 1 aliphatic heterocycles. The summed E-state index contributed by atoms with van der Waals surface area (Å²) >= 11 is 0.493. The zero-order valence-corrected chi connectivity index (χ0v) is 8.28. The molecule has 0 aliphatic carbocycles. The molecule has 1 fully saturated rings. The fourth-order valence-electron chi connectivity index (χ4n) is 1.20. The van der Waals surface area contributed by atoms with Crippen LogP contribution in [0.25, 0.3) is 0 Å². The molecule has 0 saturated carbocycles. The zero-order chi connectivity index (χ0) is 8.39. The number of anilines is 1. The Morgan fingerprint density at radius 3 is 2.58 bits per heavy atom. The van der Waals surface area contributed by atoms with Gasteiger partial charge in [-0.3, -0.25) is 0 Å². The van der Waals surface area contributed by atoms with Crippen molar-refractivity contribution in [3.63, 3.8) is 0 Å². The third kappa shape index (κ3) is 1.38. The first kappa shape index (κ1) is 7.84. The molecule has 0 unspecified atom stereocenters. The first-order chi connectivity index (χ1) is 5.88. The molecule has 1 heterocycles. The molecule has 62 valence electrons. The number of carbonyl (C=O) groups is 1. The summed E-state index contributed by atoms with van der Waals surface area (Å²) in [4.78, 5) is 13.2. The number of benzene rings is 1. The Morgan fingerprint density at radius 2 is 2.00 bits per heavy atom. The molecule has 0 atom stereocenters. The van der Waals surface area contributed by atoms with Crippen LogP contribution in [0.3, 0.4) is 0 Å². The van der Waals surface area contributed by atoms with E-state index in [2.05, 4.69) is 0 Å². The summed E-state index contributed by atoms with van der Waals surface area (Å²) in [5, 5.41) is 0.766. The van der Waals surface area contributed by atoms with Crippen LogP contribution < -0.4 is 4.90 Å². The van der Waals surface area contributed by atoms with E-state index >= 15 is 0 Å². The van der Waals surface area contributed by atoms with Crippen molar-refractivity contribution < 1.29 is 4.79 Å². The maximum atomic E-state index is 11.3. The Labute approximate surface area is 77.7 Å². The van der Waals surface area contributed by atoms with Crippen LogP contribution >= 0.6 is 0 Å². The summed E-state index contributed by atoms with van der Waals surface area (Å²) in [6, 6.07) is 9.87. The number of nitrogens with zero attached hydrogens (tertiary/aromatic N) is 1. The van der Waals surface area contributed by atoms with Gasteiger partial charge < -0.3 is 0 Å². The molecule has 0 aromatic heterocycles. The van der Waals surface area contributed by atoms with Crippen molar-refractivity contribution in [3.05, 3.63) is 30.3 Å². The van der Waals surface area contributed by atoms with Crippen molar-refractivity contribution in [2.45, 2.75) is 5.32 Å². The van der Waals surface area contributed by atoms with Crippen LogP contribution in [0, 0.1) is 0 Å². The molecule has 1 amide bonds. The molecule has 3 heteroatoms. The van der Waals surface area contributed by atoms with E-state index in [-0.39, 0.29) is 5.91 Å². The predicted octanol–water partition coefficient (Wildman–Crippen LogP) is 1.11. The van der Waals surface area contributed by atoms with Gasteiger partial charge in [0.2, 0.25) is 0 Å². The van der Waals surface area contributed by atoms with Gasteiger partial charge in [-0.15, -0.1) is 0 Å². The van der Waals surface area contributed by atoms with Crippen molar-refractivity contribution in [3.8, 4) is 0 Å². The predicted molar refractivity (Wildman–Crippen MR) is 49.4 cm³/mol. The van der Waals surface area contributed by atoms with Gasteiger partial charge in [0, 0.05) is 0 Å². The normalized spacial score (nSPS) is 17.0. The van der Waals surface area contributed by atoms with E-state index in [0.29, 0.717) is 15.0 Å². The van der Waals surface area contributed by atoms with E-state index in [1.807, 2.05) is 35.2 Å². The van der Waals surface area contributed by atoms with Crippen molar-refractivity contribution in [1.82, 2.24) is 0 Å². The molecule has 1 saturated heterocycles. The van der Waals surface area contributed by atoms with Gasteiger partial charge in [-0.2, -0.15) is 0 Å². The van der Waals surface area contributed by atoms with Gasteiger partial charge in [0.1, 0.15) is 0 Å². The summed E-state index contributed by atoms with van der Waals surface area (Å²) in [6.07, 6.45) is 0. The van der Waals surface area contributed by atoms with Crippen LogP contribution in [0.5, 0.6) is 0 Å². The number of hydrogen-bond donors (Lipinski definition) is 0. The minimum atomic E-state index is 0.279. The van der Waals surface area contributed by atoms with Gasteiger partial charge >= 0.3 is 77.3 Å². The molecule has 12 heavy (non-hydrogen) atoms. The maximum absolute atomic E-state index is 11.3. The summed E-state index contributed by atoms with van der Waals surface area (Å²) in [6.45, 7) is 0. The number of rotatable bonds is 1. The molecular weight excluding hydrogens is 217 g/mol. The first-order valence-electron chi connectivity index (χ1n) is 3.81. The second-order valence-electron chi connectivity index (χ2n) is 2.63. The Morgan fingerprint density at radius 1 is 1.25 bits per heavy atom. The van der Waals surface area contributed by atoms with Crippen molar-refractivity contribution in [2.24, 2.45) is 0 Å². The quantitative estimate of drug-likeness (QED) is 0.657. The van der Waals surface area contributed by atoms with E-state index < -0.39 is 0 Å². The molecule has 1 aromatic rings. The Balaban J connectivity index is 2.25. The Bertz CT molecular complexity index is 286. The van der Waals surface area contributed by atoms with Crippen molar-refractivity contribution in [2.75, 3.05) is 10.3 Å². The van der Waals surface area contributed by atoms with Crippen molar-refractivity contribution >= 4 is 26.6 Å². The average Bonchev–Trinajstić information content (AvgIpc) is 2.53. The van der Waals surface area contributed by atoms with Crippen LogP contribution in [0.4, 0.5) is 5.69 Å². The second kappa shape index (κ2) is 3.30. The van der Waals surface area contributed by atoms with Gasteiger partial charge in [-0.1, -0.05) is 0 Å². The summed E-state index contributed by atoms with van der Waals surface area (Å²) < 4.78 is 0. The molecular formula is C9H9NOSe. The number of para-hydroxylation sites is 1. The van der Waals surface area contributed by atoms with E-state index in [9.17, 15) is 4.79 Å². The second-order valence-corrected chi connectivity index (χ2v) is 4.64. The van der Waals surface area contributed by atoms with Crippen LogP contribution in [-0.4, -0.2) is 26.3 Å². The molecule has 1 aromatic carbocycles. The van der Waals surface area contributed by atoms with Gasteiger partial charge in [0.15, 0.2) is 0 Å². The van der Waals surface area contributed by atoms with Gasteiger partial charge in [-0.05, 0) is 0 Å². The molecule has 1 aliphatic rings. The monoisotopic (exact) mass is 227 g/mol. The fourth-order valence-corrected chi connectivity index (χ4v) is 3.08. The van der Waals surface area contributed by atoms with Gasteiger partial charge in [-0.25, -0.2) is 0 Å². The molecule has 0 bridgehead atoms. The number of carbonyl (C=O) groups excluding carboxylic acids is 1. The average molecular weight is 226 g/mol. The van der Waals surface area contributed by atoms with Crippen LogP contribution in [-0.2, 0) is 4.79 Å². The zero-order valence-electron chi connectivity index (χ0n) is 6.56. The van der Waals surface area contributed by atoms with E-state index in [1.54, 1.807) is 0 Å². The molecule has 0 radical (unpaired) electrons. The van der Waals surface area contributed by atoms with E-state index in [4.69, 9.17) is 0 Å². The number of hydrogen-bond acceptors (Lipinski definition) is 1. The fraction of sp³-hybridized carbons (Fsp3) is 0.222. The Kier molecular flexibility index (Phi) is 2.15. The van der Waals surface area contributed by atoms with Crippen LogP contribution in [0.15, 0.2) is 30.3 Å². The van der Waals surface area contributed by atoms with Gasteiger partial charge in [0.05, 0.1) is 0 Å². The SMILES string of the molecule is O=C1C[Se]CN1c1ccccc1. The molecule has 2 rings (SSSR count). The number of amides is 1. The summed E-state index contributed by atoms with van der Waals surface area (Å²) in [5.41, 5.74) is 1.98. The molecule has 2 nitrogen and oxygen atoms in total. The molecule has 0 N–H and O–H groups in total. The molecule has 0 spiro atoms. The van der Waals surface area contributed by atoms with Crippen LogP contribution in [0.1, 0.15) is 0 Å². The third-order valence-electron chi connectivity index (χ3n) is 1.81. The van der Waals surface area contributed by atoms with Crippen molar-refractivity contribution in [1.29, 1.82) is 0 Å². The third-order valence-corrected chi connectivity index (χ3v) is 3.69. The Hall–Kier alpha value is -0.791. The standard InChI is InChI=1S/C9H9NOSe/c11-9-6-12-7-10(9)8-4-2-1-3-5-8/h1-5H,6-7H2. The van der Waals surface area contributed by atoms with E-state index in [0.717, 1.165) is 16.4 Å². The topological polar surface area (TPSA) is 20.3 Å². The van der Waals surface area contributed by atoms with E-state index in [1.165, 1.54) is 0 Å². The summed E-state index contributed by atoms with van der Waals surface area (Å²) in [5.74, 6) is 0.279. The minimum absolute atomic E-state index is 0.279. The van der Waals surface area contributed by atoms with Crippen LogP contribution in [0.2, 0.25) is 5.32 Å². The first-order valence-corrected chi connectivity index (χ1v) is 6.23. The van der Waals surface area contributed by atoms with Gasteiger partial charge in [0.25, 0.3) is 0 Å².